The molecule has 0 aliphatic rings. The highest BCUT2D eigenvalue weighted by atomic mass is 16.6. The summed E-state index contributed by atoms with van der Waals surface area (Å²) < 4.78 is 12.4. The van der Waals surface area contributed by atoms with E-state index in [0.29, 0.717) is 31.2 Å². The third-order valence-corrected chi connectivity index (χ3v) is 4.31. The fourth-order valence-electron chi connectivity index (χ4n) is 2.88. The van der Waals surface area contributed by atoms with Gasteiger partial charge in [0.05, 0.1) is 31.3 Å². The maximum absolute atomic E-state index is 12.1. The molecule has 0 unspecified atom stereocenters. The summed E-state index contributed by atoms with van der Waals surface area (Å²) in [7, 11) is 1.61. The van der Waals surface area contributed by atoms with Crippen LogP contribution >= 0.6 is 0 Å². The molecule has 1 amide bonds. The summed E-state index contributed by atoms with van der Waals surface area (Å²) in [6.07, 6.45) is 4.67. The van der Waals surface area contributed by atoms with E-state index >= 15 is 0 Å². The Labute approximate surface area is 169 Å². The third kappa shape index (κ3) is 4.74. The van der Waals surface area contributed by atoms with E-state index in [9.17, 15) is 4.79 Å². The number of carbonyl (C=O) groups is 1. The van der Waals surface area contributed by atoms with Crippen LogP contribution in [0.3, 0.4) is 0 Å². The Morgan fingerprint density at radius 3 is 2.83 bits per heavy atom. The van der Waals surface area contributed by atoms with E-state index in [1.165, 1.54) is 0 Å². The SMILES string of the molecule is CCN(CCNc1ccc2ncc(-c3ccncc3OC)n2n1)C(=O)OC(C)C. The predicted molar refractivity (Wildman–Crippen MR) is 110 cm³/mol. The van der Waals surface area contributed by atoms with E-state index < -0.39 is 0 Å². The van der Waals surface area contributed by atoms with Gasteiger partial charge in [0.25, 0.3) is 0 Å². The van der Waals surface area contributed by atoms with Crippen molar-refractivity contribution >= 4 is 17.6 Å². The second kappa shape index (κ2) is 9.22. The molecule has 0 aliphatic carbocycles. The van der Waals surface area contributed by atoms with Crippen molar-refractivity contribution < 1.29 is 14.3 Å². The number of nitrogens with one attached hydrogen (secondary N) is 1. The molecule has 154 valence electrons. The Hall–Kier alpha value is -3.36. The average Bonchev–Trinajstić information content (AvgIpc) is 3.13. The van der Waals surface area contributed by atoms with Crippen molar-refractivity contribution in [2.45, 2.75) is 26.9 Å². The fraction of sp³-hybridized carbons (Fsp3) is 0.400. The van der Waals surface area contributed by atoms with Gasteiger partial charge in [-0.15, -0.1) is 5.10 Å². The molecule has 0 fully saturated rings. The van der Waals surface area contributed by atoms with Crippen LogP contribution in [0.4, 0.5) is 10.6 Å². The first-order chi connectivity index (χ1) is 14.0. The zero-order chi connectivity index (χ0) is 20.8. The van der Waals surface area contributed by atoms with Crippen molar-refractivity contribution in [3.8, 4) is 17.0 Å². The zero-order valence-electron chi connectivity index (χ0n) is 17.1. The number of likely N-dealkylation sites (N-methyl/N-ethyl adjacent to an activating group) is 1. The number of hydrogen-bond acceptors (Lipinski definition) is 7. The summed E-state index contributed by atoms with van der Waals surface area (Å²) in [5, 5.41) is 7.89. The molecule has 3 aromatic heterocycles. The topological polar surface area (TPSA) is 93.9 Å². The molecule has 0 radical (unpaired) electrons. The predicted octanol–water partition coefficient (Wildman–Crippen LogP) is 3.08. The Balaban J connectivity index is 1.74. The molecular weight excluding hydrogens is 372 g/mol. The second-order valence-electron chi connectivity index (χ2n) is 6.65. The zero-order valence-corrected chi connectivity index (χ0v) is 17.1. The molecule has 29 heavy (non-hydrogen) atoms. The van der Waals surface area contributed by atoms with E-state index in [-0.39, 0.29) is 12.2 Å². The van der Waals surface area contributed by atoms with Gasteiger partial charge in [0.15, 0.2) is 5.65 Å². The van der Waals surface area contributed by atoms with Gasteiger partial charge in [0.2, 0.25) is 0 Å². The first-order valence-corrected chi connectivity index (χ1v) is 9.56. The van der Waals surface area contributed by atoms with Crippen molar-refractivity contribution in [2.75, 3.05) is 32.1 Å². The van der Waals surface area contributed by atoms with Gasteiger partial charge >= 0.3 is 6.09 Å². The highest BCUT2D eigenvalue weighted by molar-refractivity contribution is 5.69. The van der Waals surface area contributed by atoms with Crippen molar-refractivity contribution in [3.63, 3.8) is 0 Å². The van der Waals surface area contributed by atoms with Gasteiger partial charge < -0.3 is 19.7 Å². The minimum atomic E-state index is -0.311. The maximum atomic E-state index is 12.1. The van der Waals surface area contributed by atoms with Gasteiger partial charge in [0.1, 0.15) is 11.6 Å². The Bertz CT molecular complexity index is 972. The summed E-state index contributed by atoms with van der Waals surface area (Å²) in [5.74, 6) is 1.33. The second-order valence-corrected chi connectivity index (χ2v) is 6.65. The van der Waals surface area contributed by atoms with Gasteiger partial charge in [-0.1, -0.05) is 0 Å². The smallest absolute Gasteiger partial charge is 0.410 e. The molecular formula is C20H26N6O3. The monoisotopic (exact) mass is 398 g/mol. The first kappa shape index (κ1) is 20.4. The number of ether oxygens (including phenoxy) is 2. The van der Waals surface area contributed by atoms with Crippen molar-refractivity contribution in [3.05, 3.63) is 36.8 Å². The van der Waals surface area contributed by atoms with Crippen LogP contribution in [0.25, 0.3) is 16.9 Å². The summed E-state index contributed by atoms with van der Waals surface area (Å²) in [6.45, 7) is 7.23. The molecule has 0 spiro atoms. The summed E-state index contributed by atoms with van der Waals surface area (Å²) in [6, 6.07) is 5.61. The minimum Gasteiger partial charge on any atom is -0.494 e. The molecule has 0 bridgehead atoms. The normalized spacial score (nSPS) is 10.9. The van der Waals surface area contributed by atoms with E-state index in [2.05, 4.69) is 20.4 Å². The summed E-state index contributed by atoms with van der Waals surface area (Å²) >= 11 is 0. The molecule has 0 aromatic carbocycles. The van der Waals surface area contributed by atoms with Crippen LogP contribution in [0.15, 0.2) is 36.8 Å². The van der Waals surface area contributed by atoms with Crippen molar-refractivity contribution in [1.29, 1.82) is 0 Å². The quantitative estimate of drug-likeness (QED) is 0.623. The number of amides is 1. The van der Waals surface area contributed by atoms with Crippen LogP contribution in [0, 0.1) is 0 Å². The Kier molecular flexibility index (Phi) is 6.48. The lowest BCUT2D eigenvalue weighted by atomic mass is 10.2. The number of nitrogens with zero attached hydrogens (tertiary/aromatic N) is 5. The van der Waals surface area contributed by atoms with E-state index in [4.69, 9.17) is 9.47 Å². The largest absolute Gasteiger partial charge is 0.494 e. The molecule has 3 rings (SSSR count). The third-order valence-electron chi connectivity index (χ3n) is 4.31. The minimum absolute atomic E-state index is 0.140. The Morgan fingerprint density at radius 1 is 1.28 bits per heavy atom. The molecule has 0 atom stereocenters. The molecule has 3 aromatic rings. The number of methoxy groups -OCH3 is 1. The number of imidazole rings is 1. The van der Waals surface area contributed by atoms with E-state index in [1.54, 1.807) is 35.1 Å². The lowest BCUT2D eigenvalue weighted by Crippen LogP contribution is -2.36. The molecule has 1 N–H and O–H groups in total. The number of rotatable bonds is 8. The summed E-state index contributed by atoms with van der Waals surface area (Å²) in [5.41, 5.74) is 2.38. The highest BCUT2D eigenvalue weighted by Gasteiger charge is 2.15. The number of aromatic nitrogens is 4. The van der Waals surface area contributed by atoms with Crippen LogP contribution in [0.2, 0.25) is 0 Å². The number of carbonyl (C=O) groups excluding carboxylic acids is 1. The van der Waals surface area contributed by atoms with E-state index in [0.717, 1.165) is 16.9 Å². The van der Waals surface area contributed by atoms with Crippen LogP contribution in [-0.2, 0) is 4.74 Å². The molecule has 9 heteroatoms. The fourth-order valence-corrected chi connectivity index (χ4v) is 2.88. The van der Waals surface area contributed by atoms with Gasteiger partial charge in [-0.3, -0.25) is 4.98 Å². The standard InChI is InChI=1S/C20H26N6O3/c1-5-25(20(27)29-14(2)3)11-10-22-18-6-7-19-23-12-16(26(19)24-18)15-8-9-21-13-17(15)28-4/h6-9,12-14H,5,10-11H2,1-4H3,(H,22,24). The molecule has 0 saturated heterocycles. The lowest BCUT2D eigenvalue weighted by molar-refractivity contribution is 0.0795. The highest BCUT2D eigenvalue weighted by Crippen LogP contribution is 2.29. The van der Waals surface area contributed by atoms with Gasteiger partial charge in [0, 0.05) is 31.4 Å². The molecule has 9 nitrogen and oxygen atoms in total. The Morgan fingerprint density at radius 2 is 2.10 bits per heavy atom. The first-order valence-electron chi connectivity index (χ1n) is 9.56. The summed E-state index contributed by atoms with van der Waals surface area (Å²) in [4.78, 5) is 22.2. The lowest BCUT2D eigenvalue weighted by Gasteiger charge is -2.22. The maximum Gasteiger partial charge on any atom is 0.410 e. The van der Waals surface area contributed by atoms with Crippen molar-refractivity contribution in [1.82, 2.24) is 24.5 Å². The molecule has 0 aliphatic heterocycles. The van der Waals surface area contributed by atoms with Gasteiger partial charge in [-0.2, -0.15) is 0 Å². The van der Waals surface area contributed by atoms with Crippen LogP contribution in [0.5, 0.6) is 5.75 Å². The van der Waals surface area contributed by atoms with E-state index in [1.807, 2.05) is 39.0 Å². The number of hydrogen-bond donors (Lipinski definition) is 1. The van der Waals surface area contributed by atoms with Crippen molar-refractivity contribution in [2.24, 2.45) is 0 Å². The average molecular weight is 398 g/mol. The van der Waals surface area contributed by atoms with Crippen LogP contribution < -0.4 is 10.1 Å². The van der Waals surface area contributed by atoms with Gasteiger partial charge in [-0.25, -0.2) is 14.3 Å². The number of fused-ring (bicyclic) bond motifs is 1. The number of anilines is 1. The number of pyridine rings is 1. The molecule has 0 saturated carbocycles. The van der Waals surface area contributed by atoms with Crippen LogP contribution in [-0.4, -0.2) is 63.4 Å². The van der Waals surface area contributed by atoms with Gasteiger partial charge in [-0.05, 0) is 39.0 Å². The molecule has 3 heterocycles. The van der Waals surface area contributed by atoms with Crippen LogP contribution in [0.1, 0.15) is 20.8 Å².